The minimum Gasteiger partial charge on any atom is -0.397 e. The zero-order valence-corrected chi connectivity index (χ0v) is 9.92. The first-order chi connectivity index (χ1) is 7.74. The number of methoxy groups -OCH3 is 1. The normalized spacial score (nSPS) is 10.1. The van der Waals surface area contributed by atoms with Crippen molar-refractivity contribution < 1.29 is 9.53 Å². The van der Waals surface area contributed by atoms with Crippen molar-refractivity contribution in [1.29, 1.82) is 0 Å². The molecule has 88 valence electrons. The molecule has 0 aromatic carbocycles. The molecule has 5 nitrogen and oxygen atoms in total. The van der Waals surface area contributed by atoms with Crippen LogP contribution in [0.5, 0.6) is 0 Å². The summed E-state index contributed by atoms with van der Waals surface area (Å²) in [6, 6.07) is 1.79. The van der Waals surface area contributed by atoms with Crippen LogP contribution >= 0.6 is 11.8 Å². The lowest BCUT2D eigenvalue weighted by Crippen LogP contribution is -2.28. The number of pyridine rings is 1. The van der Waals surface area contributed by atoms with E-state index in [1.165, 1.54) is 11.8 Å². The molecule has 0 aliphatic rings. The van der Waals surface area contributed by atoms with Crippen LogP contribution in [-0.2, 0) is 9.53 Å². The van der Waals surface area contributed by atoms with Crippen molar-refractivity contribution in [3.63, 3.8) is 0 Å². The average molecular weight is 241 g/mol. The number of anilines is 1. The van der Waals surface area contributed by atoms with E-state index in [2.05, 4.69) is 10.3 Å². The van der Waals surface area contributed by atoms with Crippen LogP contribution in [-0.4, -0.2) is 36.9 Å². The molecule has 0 aliphatic carbocycles. The van der Waals surface area contributed by atoms with Gasteiger partial charge < -0.3 is 15.8 Å². The quantitative estimate of drug-likeness (QED) is 0.561. The number of hydrogen-bond donors (Lipinski definition) is 2. The minimum atomic E-state index is -0.0294. The number of nitrogens with one attached hydrogen (secondary N) is 1. The van der Waals surface area contributed by atoms with E-state index >= 15 is 0 Å². The fraction of sp³-hybridized carbons (Fsp3) is 0.400. The zero-order chi connectivity index (χ0) is 11.8. The molecular formula is C10H15N3O2S. The summed E-state index contributed by atoms with van der Waals surface area (Å²) >= 11 is 1.40. The minimum absolute atomic E-state index is 0.0294. The van der Waals surface area contributed by atoms with Crippen LogP contribution in [0.25, 0.3) is 0 Å². The molecule has 0 spiro atoms. The molecule has 3 N–H and O–H groups in total. The second-order valence-electron chi connectivity index (χ2n) is 3.04. The van der Waals surface area contributed by atoms with Crippen LogP contribution in [0.15, 0.2) is 23.4 Å². The van der Waals surface area contributed by atoms with Crippen molar-refractivity contribution in [1.82, 2.24) is 10.3 Å². The molecule has 0 bridgehead atoms. The molecule has 6 heteroatoms. The number of ether oxygens (including phenoxy) is 1. The number of carbonyl (C=O) groups excluding carboxylic acids is 1. The lowest BCUT2D eigenvalue weighted by molar-refractivity contribution is -0.118. The lowest BCUT2D eigenvalue weighted by atomic mass is 10.4. The second kappa shape index (κ2) is 7.08. The van der Waals surface area contributed by atoms with Crippen LogP contribution in [0.4, 0.5) is 5.69 Å². The first kappa shape index (κ1) is 12.8. The van der Waals surface area contributed by atoms with Gasteiger partial charge in [-0.15, -0.1) is 11.8 Å². The van der Waals surface area contributed by atoms with Gasteiger partial charge in [-0.3, -0.25) is 9.78 Å². The molecule has 16 heavy (non-hydrogen) atoms. The van der Waals surface area contributed by atoms with E-state index in [1.807, 2.05) is 0 Å². The van der Waals surface area contributed by atoms with Crippen molar-refractivity contribution in [3.8, 4) is 0 Å². The van der Waals surface area contributed by atoms with Gasteiger partial charge in [0.2, 0.25) is 5.91 Å². The summed E-state index contributed by atoms with van der Waals surface area (Å²) in [7, 11) is 1.60. The maximum Gasteiger partial charge on any atom is 0.230 e. The summed E-state index contributed by atoms with van der Waals surface area (Å²) in [5.74, 6) is 0.316. The number of nitrogens with zero attached hydrogens (tertiary/aromatic N) is 1. The molecule has 0 saturated carbocycles. The summed E-state index contributed by atoms with van der Waals surface area (Å²) in [4.78, 5) is 16.1. The Balaban J connectivity index is 2.29. The average Bonchev–Trinajstić information content (AvgIpc) is 2.28. The Morgan fingerprint density at radius 1 is 1.69 bits per heavy atom. The van der Waals surface area contributed by atoms with E-state index in [4.69, 9.17) is 10.5 Å². The smallest absolute Gasteiger partial charge is 0.230 e. The standard InChI is InChI=1S/C10H15N3O2S/c1-15-5-4-13-10(14)7-16-9-2-3-12-6-8(9)11/h2-3,6H,4-5,7,11H2,1H3,(H,13,14). The molecule has 0 unspecified atom stereocenters. The third-order valence-electron chi connectivity index (χ3n) is 1.80. The Bertz CT molecular complexity index is 347. The Kier molecular flexibility index (Phi) is 5.66. The number of aromatic nitrogens is 1. The Morgan fingerprint density at radius 3 is 3.19 bits per heavy atom. The predicted octanol–water partition coefficient (Wildman–Crippen LogP) is 0.519. The largest absolute Gasteiger partial charge is 0.397 e. The van der Waals surface area contributed by atoms with Crippen LogP contribution in [0.3, 0.4) is 0 Å². The van der Waals surface area contributed by atoms with E-state index in [-0.39, 0.29) is 5.91 Å². The van der Waals surface area contributed by atoms with E-state index in [0.717, 1.165) is 4.90 Å². The van der Waals surface area contributed by atoms with Crippen LogP contribution in [0.2, 0.25) is 0 Å². The molecular weight excluding hydrogens is 226 g/mol. The number of nitrogens with two attached hydrogens (primary N) is 1. The van der Waals surface area contributed by atoms with E-state index < -0.39 is 0 Å². The zero-order valence-electron chi connectivity index (χ0n) is 9.10. The molecule has 0 saturated heterocycles. The fourth-order valence-electron chi connectivity index (χ4n) is 1.01. The van der Waals surface area contributed by atoms with Gasteiger partial charge in [0, 0.05) is 24.7 Å². The number of rotatable bonds is 6. The van der Waals surface area contributed by atoms with Gasteiger partial charge in [0.15, 0.2) is 0 Å². The summed E-state index contributed by atoms with van der Waals surface area (Å²) in [6.45, 7) is 1.05. The van der Waals surface area contributed by atoms with E-state index in [9.17, 15) is 4.79 Å². The number of nitrogen functional groups attached to an aromatic ring is 1. The Hall–Kier alpha value is -1.27. The number of amides is 1. The Morgan fingerprint density at radius 2 is 2.50 bits per heavy atom. The SMILES string of the molecule is COCCNC(=O)CSc1ccncc1N. The van der Waals surface area contributed by atoms with Crippen molar-refractivity contribution in [2.24, 2.45) is 0 Å². The van der Waals surface area contributed by atoms with Gasteiger partial charge in [-0.1, -0.05) is 0 Å². The lowest BCUT2D eigenvalue weighted by Gasteiger charge is -2.05. The van der Waals surface area contributed by atoms with Crippen molar-refractivity contribution in [2.45, 2.75) is 4.90 Å². The summed E-state index contributed by atoms with van der Waals surface area (Å²) in [5.41, 5.74) is 6.29. The number of carbonyl (C=O) groups is 1. The molecule has 1 aromatic heterocycles. The molecule has 0 radical (unpaired) electrons. The van der Waals surface area contributed by atoms with Crippen molar-refractivity contribution in [2.75, 3.05) is 31.7 Å². The van der Waals surface area contributed by atoms with Crippen molar-refractivity contribution >= 4 is 23.4 Å². The van der Waals surface area contributed by atoms with Crippen LogP contribution in [0.1, 0.15) is 0 Å². The highest BCUT2D eigenvalue weighted by atomic mass is 32.2. The summed E-state index contributed by atoms with van der Waals surface area (Å²) in [6.07, 6.45) is 3.23. The van der Waals surface area contributed by atoms with Crippen LogP contribution in [0, 0.1) is 0 Å². The van der Waals surface area contributed by atoms with Gasteiger partial charge >= 0.3 is 0 Å². The van der Waals surface area contributed by atoms with Gasteiger partial charge in [0.25, 0.3) is 0 Å². The first-order valence-corrected chi connectivity index (χ1v) is 5.80. The fourth-order valence-corrected chi connectivity index (χ4v) is 1.78. The maximum atomic E-state index is 11.4. The third kappa shape index (κ3) is 4.50. The maximum absolute atomic E-state index is 11.4. The molecule has 1 amide bonds. The highest BCUT2D eigenvalue weighted by Crippen LogP contribution is 2.22. The monoisotopic (exact) mass is 241 g/mol. The molecule has 0 atom stereocenters. The summed E-state index contributed by atoms with van der Waals surface area (Å²) < 4.78 is 4.82. The van der Waals surface area contributed by atoms with E-state index in [0.29, 0.717) is 24.6 Å². The summed E-state index contributed by atoms with van der Waals surface area (Å²) in [5, 5.41) is 2.73. The first-order valence-electron chi connectivity index (χ1n) is 4.82. The highest BCUT2D eigenvalue weighted by Gasteiger charge is 2.04. The second-order valence-corrected chi connectivity index (χ2v) is 4.06. The highest BCUT2D eigenvalue weighted by molar-refractivity contribution is 8.00. The third-order valence-corrected chi connectivity index (χ3v) is 2.89. The topological polar surface area (TPSA) is 77.2 Å². The number of thioether (sulfide) groups is 1. The molecule has 1 aromatic rings. The molecule has 0 fully saturated rings. The van der Waals surface area contributed by atoms with Gasteiger partial charge in [0.1, 0.15) is 0 Å². The number of hydrogen-bond acceptors (Lipinski definition) is 5. The predicted molar refractivity (Wildman–Crippen MR) is 64.3 cm³/mol. The Labute approximate surface area is 98.8 Å². The van der Waals surface area contributed by atoms with Gasteiger partial charge in [-0.2, -0.15) is 0 Å². The molecule has 1 rings (SSSR count). The molecule has 1 heterocycles. The molecule has 0 aliphatic heterocycles. The van der Waals surface area contributed by atoms with Gasteiger partial charge in [-0.25, -0.2) is 0 Å². The van der Waals surface area contributed by atoms with Crippen molar-refractivity contribution in [3.05, 3.63) is 18.5 Å². The van der Waals surface area contributed by atoms with E-state index in [1.54, 1.807) is 25.6 Å². The van der Waals surface area contributed by atoms with Gasteiger partial charge in [-0.05, 0) is 6.07 Å². The van der Waals surface area contributed by atoms with Crippen LogP contribution < -0.4 is 11.1 Å². The van der Waals surface area contributed by atoms with Gasteiger partial charge in [0.05, 0.1) is 24.2 Å².